The SMILES string of the molecule is COCCCNC(=O)C(C)OC1CCCCCC1N. The molecule has 3 N–H and O–H groups in total. The fourth-order valence-electron chi connectivity index (χ4n) is 2.37. The van der Waals surface area contributed by atoms with Crippen molar-refractivity contribution in [1.82, 2.24) is 5.32 Å². The van der Waals surface area contributed by atoms with E-state index in [0.717, 1.165) is 25.7 Å². The molecule has 1 amide bonds. The highest BCUT2D eigenvalue weighted by atomic mass is 16.5. The average Bonchev–Trinajstić information content (AvgIpc) is 2.60. The predicted octanol–water partition coefficient (Wildman–Crippen LogP) is 1.20. The van der Waals surface area contributed by atoms with Crippen molar-refractivity contribution >= 4 is 5.91 Å². The zero-order chi connectivity index (χ0) is 14.1. The standard InChI is InChI=1S/C14H28N2O3/c1-11(14(17)16-9-6-10-18-2)19-13-8-5-3-4-7-12(13)15/h11-13H,3-10,15H2,1-2H3,(H,16,17). The zero-order valence-electron chi connectivity index (χ0n) is 12.2. The van der Waals surface area contributed by atoms with E-state index in [0.29, 0.717) is 13.2 Å². The van der Waals surface area contributed by atoms with Crippen molar-refractivity contribution in [3.8, 4) is 0 Å². The molecule has 0 aromatic carbocycles. The first-order valence-corrected chi connectivity index (χ1v) is 7.33. The van der Waals surface area contributed by atoms with Crippen LogP contribution in [-0.4, -0.2) is 44.4 Å². The Balaban J connectivity index is 2.27. The molecule has 3 unspecified atom stereocenters. The highest BCUT2D eigenvalue weighted by Gasteiger charge is 2.25. The van der Waals surface area contributed by atoms with Gasteiger partial charge >= 0.3 is 0 Å². The number of hydrogen-bond acceptors (Lipinski definition) is 4. The van der Waals surface area contributed by atoms with E-state index >= 15 is 0 Å². The summed E-state index contributed by atoms with van der Waals surface area (Å²) in [5, 5.41) is 2.85. The summed E-state index contributed by atoms with van der Waals surface area (Å²) in [7, 11) is 1.65. The van der Waals surface area contributed by atoms with Gasteiger partial charge < -0.3 is 20.5 Å². The van der Waals surface area contributed by atoms with Crippen LogP contribution in [0.25, 0.3) is 0 Å². The number of ether oxygens (including phenoxy) is 2. The molecule has 112 valence electrons. The number of carbonyl (C=O) groups is 1. The van der Waals surface area contributed by atoms with Crippen LogP contribution in [0, 0.1) is 0 Å². The molecule has 0 spiro atoms. The minimum atomic E-state index is -0.434. The summed E-state index contributed by atoms with van der Waals surface area (Å²) in [6.07, 6.45) is 5.87. The largest absolute Gasteiger partial charge is 0.385 e. The van der Waals surface area contributed by atoms with E-state index in [9.17, 15) is 4.79 Å². The molecule has 0 aromatic rings. The van der Waals surface area contributed by atoms with Crippen molar-refractivity contribution in [2.75, 3.05) is 20.3 Å². The Morgan fingerprint density at radius 1 is 1.37 bits per heavy atom. The van der Waals surface area contributed by atoms with Gasteiger partial charge in [0.2, 0.25) is 5.91 Å². The van der Waals surface area contributed by atoms with Gasteiger partial charge in [-0.3, -0.25) is 4.79 Å². The Morgan fingerprint density at radius 3 is 2.84 bits per heavy atom. The van der Waals surface area contributed by atoms with E-state index in [1.807, 2.05) is 0 Å². The molecule has 0 saturated heterocycles. The molecule has 0 radical (unpaired) electrons. The fraction of sp³-hybridized carbons (Fsp3) is 0.929. The number of amides is 1. The number of nitrogens with two attached hydrogens (primary N) is 1. The topological polar surface area (TPSA) is 73.6 Å². The van der Waals surface area contributed by atoms with Crippen LogP contribution in [0.3, 0.4) is 0 Å². The fourth-order valence-corrected chi connectivity index (χ4v) is 2.37. The lowest BCUT2D eigenvalue weighted by Gasteiger charge is -2.25. The van der Waals surface area contributed by atoms with Crippen molar-refractivity contribution < 1.29 is 14.3 Å². The van der Waals surface area contributed by atoms with Gasteiger partial charge in [-0.15, -0.1) is 0 Å². The van der Waals surface area contributed by atoms with Crippen molar-refractivity contribution in [1.29, 1.82) is 0 Å². The van der Waals surface area contributed by atoms with Crippen LogP contribution >= 0.6 is 0 Å². The van der Waals surface area contributed by atoms with Gasteiger partial charge in [-0.1, -0.05) is 19.3 Å². The lowest BCUT2D eigenvalue weighted by Crippen LogP contribution is -2.43. The summed E-state index contributed by atoms with van der Waals surface area (Å²) in [5.41, 5.74) is 6.09. The summed E-state index contributed by atoms with van der Waals surface area (Å²) in [6, 6.07) is 0.0613. The number of nitrogens with one attached hydrogen (secondary N) is 1. The molecule has 3 atom stereocenters. The van der Waals surface area contributed by atoms with E-state index < -0.39 is 6.10 Å². The van der Waals surface area contributed by atoms with Crippen molar-refractivity contribution in [3.63, 3.8) is 0 Å². The van der Waals surface area contributed by atoms with Gasteiger partial charge in [0, 0.05) is 26.3 Å². The minimum absolute atomic E-state index is 0.0159. The second-order valence-electron chi connectivity index (χ2n) is 5.26. The van der Waals surface area contributed by atoms with Gasteiger partial charge in [0.15, 0.2) is 0 Å². The van der Waals surface area contributed by atoms with E-state index in [2.05, 4.69) is 5.32 Å². The van der Waals surface area contributed by atoms with E-state index in [-0.39, 0.29) is 18.1 Å². The van der Waals surface area contributed by atoms with Crippen LogP contribution in [0.2, 0.25) is 0 Å². The van der Waals surface area contributed by atoms with Crippen LogP contribution in [-0.2, 0) is 14.3 Å². The first kappa shape index (κ1) is 16.4. The maximum absolute atomic E-state index is 11.9. The number of hydrogen-bond donors (Lipinski definition) is 2. The first-order valence-electron chi connectivity index (χ1n) is 7.33. The summed E-state index contributed by atoms with van der Waals surface area (Å²) < 4.78 is 10.8. The molecule has 19 heavy (non-hydrogen) atoms. The lowest BCUT2D eigenvalue weighted by molar-refractivity contribution is -0.136. The first-order chi connectivity index (χ1) is 9.15. The normalized spacial score (nSPS) is 25.6. The molecule has 5 heteroatoms. The van der Waals surface area contributed by atoms with Crippen molar-refractivity contribution in [2.45, 2.75) is 63.7 Å². The highest BCUT2D eigenvalue weighted by molar-refractivity contribution is 5.80. The molecule has 1 aliphatic carbocycles. The number of carbonyl (C=O) groups excluding carboxylic acids is 1. The Labute approximate surface area is 116 Å². The van der Waals surface area contributed by atoms with Gasteiger partial charge in [0.25, 0.3) is 0 Å². The summed E-state index contributed by atoms with van der Waals surface area (Å²) in [4.78, 5) is 11.9. The van der Waals surface area contributed by atoms with Crippen molar-refractivity contribution in [3.05, 3.63) is 0 Å². The summed E-state index contributed by atoms with van der Waals surface area (Å²) in [5.74, 6) is -0.0625. The third kappa shape index (κ3) is 6.36. The maximum Gasteiger partial charge on any atom is 0.248 e. The second-order valence-corrected chi connectivity index (χ2v) is 5.26. The monoisotopic (exact) mass is 272 g/mol. The third-order valence-corrected chi connectivity index (χ3v) is 3.58. The van der Waals surface area contributed by atoms with Gasteiger partial charge in [-0.2, -0.15) is 0 Å². The number of rotatable bonds is 7. The quantitative estimate of drug-likeness (QED) is 0.539. The van der Waals surface area contributed by atoms with E-state index in [1.165, 1.54) is 12.8 Å². The molecule has 1 fully saturated rings. The van der Waals surface area contributed by atoms with E-state index in [1.54, 1.807) is 14.0 Å². The maximum atomic E-state index is 11.9. The number of methoxy groups -OCH3 is 1. The summed E-state index contributed by atoms with van der Waals surface area (Å²) in [6.45, 7) is 3.07. The molecule has 1 aliphatic rings. The Hall–Kier alpha value is -0.650. The van der Waals surface area contributed by atoms with Gasteiger partial charge in [-0.05, 0) is 26.2 Å². The van der Waals surface area contributed by atoms with Crippen LogP contribution in [0.15, 0.2) is 0 Å². The second kappa shape index (κ2) is 9.28. The minimum Gasteiger partial charge on any atom is -0.385 e. The zero-order valence-corrected chi connectivity index (χ0v) is 12.2. The van der Waals surface area contributed by atoms with Gasteiger partial charge in [-0.25, -0.2) is 0 Å². The molecule has 1 saturated carbocycles. The Kier molecular flexibility index (Phi) is 8.02. The molecule has 0 aliphatic heterocycles. The van der Waals surface area contributed by atoms with Gasteiger partial charge in [0.05, 0.1) is 6.10 Å². The molecule has 0 heterocycles. The van der Waals surface area contributed by atoms with Crippen LogP contribution in [0.5, 0.6) is 0 Å². The molecular weight excluding hydrogens is 244 g/mol. The molecule has 5 nitrogen and oxygen atoms in total. The molecular formula is C14H28N2O3. The molecule has 0 aromatic heterocycles. The lowest BCUT2D eigenvalue weighted by atomic mass is 10.1. The molecule has 1 rings (SSSR count). The van der Waals surface area contributed by atoms with Crippen LogP contribution < -0.4 is 11.1 Å². The smallest absolute Gasteiger partial charge is 0.248 e. The highest BCUT2D eigenvalue weighted by Crippen LogP contribution is 2.20. The van der Waals surface area contributed by atoms with Crippen molar-refractivity contribution in [2.24, 2.45) is 5.73 Å². The Bertz CT molecular complexity index is 261. The summed E-state index contributed by atoms with van der Waals surface area (Å²) >= 11 is 0. The predicted molar refractivity (Wildman–Crippen MR) is 74.9 cm³/mol. The van der Waals surface area contributed by atoms with Crippen LogP contribution in [0.4, 0.5) is 0 Å². The third-order valence-electron chi connectivity index (χ3n) is 3.58. The Morgan fingerprint density at radius 2 is 2.11 bits per heavy atom. The average molecular weight is 272 g/mol. The van der Waals surface area contributed by atoms with E-state index in [4.69, 9.17) is 15.2 Å². The van der Waals surface area contributed by atoms with Crippen LogP contribution in [0.1, 0.15) is 45.4 Å². The molecule has 0 bridgehead atoms. The van der Waals surface area contributed by atoms with Gasteiger partial charge in [0.1, 0.15) is 6.10 Å².